The largest absolute Gasteiger partial charge is 0.370 e. The summed E-state index contributed by atoms with van der Waals surface area (Å²) < 4.78 is 0. The fourth-order valence-corrected chi connectivity index (χ4v) is 2.54. The first-order valence-corrected chi connectivity index (χ1v) is 7.83. The van der Waals surface area contributed by atoms with E-state index in [0.29, 0.717) is 12.5 Å². The number of hydrogen-bond acceptors (Lipinski definition) is 2. The number of anilines is 2. The van der Waals surface area contributed by atoms with Gasteiger partial charge in [0.15, 0.2) is 5.96 Å². The lowest BCUT2D eigenvalue weighted by molar-refractivity contribution is 0.993. The van der Waals surface area contributed by atoms with E-state index < -0.39 is 0 Å². The Morgan fingerprint density at radius 3 is 2.61 bits per heavy atom. The molecular weight excluding hydrogens is 284 g/mol. The molecule has 4 heteroatoms. The highest BCUT2D eigenvalue weighted by atomic mass is 15.1. The van der Waals surface area contributed by atoms with Crippen molar-refractivity contribution in [1.82, 2.24) is 0 Å². The number of nitrogens with zero attached hydrogens (tertiary/aromatic N) is 2. The number of aryl methyl sites for hydroxylation is 1. The second kappa shape index (κ2) is 7.01. The molecule has 0 saturated heterocycles. The molecule has 0 unspecified atom stereocenters. The average molecular weight is 306 g/mol. The molecule has 0 spiro atoms. The van der Waals surface area contributed by atoms with E-state index in [1.54, 1.807) is 0 Å². The van der Waals surface area contributed by atoms with Gasteiger partial charge < -0.3 is 16.0 Å². The topological polar surface area (TPSA) is 53.6 Å². The molecule has 0 amide bonds. The van der Waals surface area contributed by atoms with Gasteiger partial charge in [-0.25, -0.2) is 4.99 Å². The van der Waals surface area contributed by atoms with Crippen LogP contribution in [0.4, 0.5) is 11.4 Å². The van der Waals surface area contributed by atoms with Gasteiger partial charge >= 0.3 is 0 Å². The molecule has 2 aromatic rings. The van der Waals surface area contributed by atoms with Crippen LogP contribution in [0.25, 0.3) is 0 Å². The molecule has 1 aliphatic heterocycles. The Hall–Kier alpha value is -2.75. The summed E-state index contributed by atoms with van der Waals surface area (Å²) in [6.45, 7) is 4.58. The highest BCUT2D eigenvalue weighted by molar-refractivity contribution is 5.92. The standard InChI is InChI=1S/C19H22N4/c1-15-7-9-17(10-8-15)22-19(20)21-14-16-5-4-6-18(13-16)23-11-2-3-12-23/h2-10,13H,11-12,14H2,1H3,(H3,20,21,22). The van der Waals surface area contributed by atoms with Crippen molar-refractivity contribution < 1.29 is 0 Å². The molecule has 4 nitrogen and oxygen atoms in total. The minimum Gasteiger partial charge on any atom is -0.370 e. The summed E-state index contributed by atoms with van der Waals surface area (Å²) in [5, 5.41) is 3.12. The van der Waals surface area contributed by atoms with Crippen LogP contribution >= 0.6 is 0 Å². The first kappa shape index (κ1) is 15.2. The van der Waals surface area contributed by atoms with Gasteiger partial charge in [0.2, 0.25) is 0 Å². The zero-order valence-electron chi connectivity index (χ0n) is 13.4. The summed E-state index contributed by atoms with van der Waals surface area (Å²) in [5.74, 6) is 0.432. The van der Waals surface area contributed by atoms with Gasteiger partial charge in [-0.2, -0.15) is 0 Å². The van der Waals surface area contributed by atoms with E-state index in [-0.39, 0.29) is 0 Å². The monoisotopic (exact) mass is 306 g/mol. The zero-order valence-corrected chi connectivity index (χ0v) is 13.4. The number of nitrogens with two attached hydrogens (primary N) is 1. The molecule has 0 atom stereocenters. The van der Waals surface area contributed by atoms with Crippen molar-refractivity contribution in [3.63, 3.8) is 0 Å². The Balaban J connectivity index is 1.62. The molecule has 2 aromatic carbocycles. The predicted molar refractivity (Wildman–Crippen MR) is 97.9 cm³/mol. The smallest absolute Gasteiger partial charge is 0.193 e. The molecule has 0 fully saturated rings. The number of benzene rings is 2. The second-order valence-electron chi connectivity index (χ2n) is 5.74. The van der Waals surface area contributed by atoms with Gasteiger partial charge in [-0.15, -0.1) is 0 Å². The van der Waals surface area contributed by atoms with Crippen LogP contribution in [-0.4, -0.2) is 19.0 Å². The van der Waals surface area contributed by atoms with Crippen LogP contribution in [0.3, 0.4) is 0 Å². The van der Waals surface area contributed by atoms with E-state index in [4.69, 9.17) is 5.73 Å². The minimum absolute atomic E-state index is 0.432. The van der Waals surface area contributed by atoms with Gasteiger partial charge in [-0.1, -0.05) is 42.0 Å². The van der Waals surface area contributed by atoms with Crippen LogP contribution in [0.1, 0.15) is 11.1 Å². The predicted octanol–water partition coefficient (Wildman–Crippen LogP) is 3.30. The number of nitrogens with one attached hydrogen (secondary N) is 1. The van der Waals surface area contributed by atoms with E-state index in [9.17, 15) is 0 Å². The third kappa shape index (κ3) is 4.13. The maximum absolute atomic E-state index is 5.97. The highest BCUT2D eigenvalue weighted by Crippen LogP contribution is 2.19. The van der Waals surface area contributed by atoms with Gasteiger partial charge in [-0.3, -0.25) is 0 Å². The molecule has 0 radical (unpaired) electrons. The number of rotatable bonds is 4. The Bertz CT molecular complexity index is 708. The lowest BCUT2D eigenvalue weighted by atomic mass is 10.2. The summed E-state index contributed by atoms with van der Waals surface area (Å²) in [4.78, 5) is 6.75. The summed E-state index contributed by atoms with van der Waals surface area (Å²) >= 11 is 0. The van der Waals surface area contributed by atoms with Crippen LogP contribution in [0.15, 0.2) is 65.7 Å². The summed E-state index contributed by atoms with van der Waals surface area (Å²) in [6.07, 6.45) is 4.38. The molecule has 3 rings (SSSR count). The molecule has 1 heterocycles. The first-order chi connectivity index (χ1) is 11.2. The van der Waals surface area contributed by atoms with Gasteiger partial charge in [0, 0.05) is 24.5 Å². The fourth-order valence-electron chi connectivity index (χ4n) is 2.54. The average Bonchev–Trinajstić information content (AvgIpc) is 3.10. The van der Waals surface area contributed by atoms with Crippen molar-refractivity contribution in [1.29, 1.82) is 0 Å². The first-order valence-electron chi connectivity index (χ1n) is 7.83. The highest BCUT2D eigenvalue weighted by Gasteiger charge is 2.07. The second-order valence-corrected chi connectivity index (χ2v) is 5.74. The fraction of sp³-hybridized carbons (Fsp3) is 0.211. The van der Waals surface area contributed by atoms with Crippen LogP contribution < -0.4 is 16.0 Å². The van der Waals surface area contributed by atoms with Crippen LogP contribution in [0.2, 0.25) is 0 Å². The van der Waals surface area contributed by atoms with Crippen LogP contribution in [0, 0.1) is 6.92 Å². The zero-order chi connectivity index (χ0) is 16.1. The molecule has 118 valence electrons. The quantitative estimate of drug-likeness (QED) is 0.518. The Morgan fingerprint density at radius 1 is 1.13 bits per heavy atom. The van der Waals surface area contributed by atoms with Crippen molar-refractivity contribution in [3.05, 3.63) is 71.8 Å². The molecule has 0 aliphatic carbocycles. The van der Waals surface area contributed by atoms with Crippen molar-refractivity contribution in [2.45, 2.75) is 13.5 Å². The summed E-state index contributed by atoms with van der Waals surface area (Å²) in [5.41, 5.74) is 10.5. The number of hydrogen-bond donors (Lipinski definition) is 2. The van der Waals surface area contributed by atoms with E-state index in [1.807, 2.05) is 24.3 Å². The van der Waals surface area contributed by atoms with Gasteiger partial charge in [0.05, 0.1) is 6.54 Å². The van der Waals surface area contributed by atoms with E-state index >= 15 is 0 Å². The van der Waals surface area contributed by atoms with E-state index in [1.165, 1.54) is 11.3 Å². The van der Waals surface area contributed by atoms with Crippen molar-refractivity contribution in [2.75, 3.05) is 23.3 Å². The normalized spacial score (nSPS) is 14.3. The maximum atomic E-state index is 5.97. The Kier molecular flexibility index (Phi) is 4.62. The van der Waals surface area contributed by atoms with Crippen LogP contribution in [0.5, 0.6) is 0 Å². The third-order valence-electron chi connectivity index (χ3n) is 3.85. The SMILES string of the molecule is Cc1ccc(NC(N)=NCc2cccc(N3CC=CC3)c2)cc1. The van der Waals surface area contributed by atoms with Gasteiger partial charge in [0.1, 0.15) is 0 Å². The van der Waals surface area contributed by atoms with Crippen molar-refractivity contribution in [2.24, 2.45) is 10.7 Å². The van der Waals surface area contributed by atoms with Gasteiger partial charge in [-0.05, 0) is 36.8 Å². The van der Waals surface area contributed by atoms with Crippen molar-refractivity contribution >= 4 is 17.3 Å². The Labute approximate surface area is 137 Å². The number of aliphatic imine (C=N–C) groups is 1. The van der Waals surface area contributed by atoms with Crippen molar-refractivity contribution in [3.8, 4) is 0 Å². The third-order valence-corrected chi connectivity index (χ3v) is 3.85. The molecule has 23 heavy (non-hydrogen) atoms. The molecular formula is C19H22N4. The molecule has 0 aromatic heterocycles. The van der Waals surface area contributed by atoms with E-state index in [2.05, 4.69) is 58.6 Å². The molecule has 0 bridgehead atoms. The minimum atomic E-state index is 0.432. The molecule has 3 N–H and O–H groups in total. The number of guanidine groups is 1. The summed E-state index contributed by atoms with van der Waals surface area (Å²) in [6, 6.07) is 16.5. The lowest BCUT2D eigenvalue weighted by Gasteiger charge is -2.18. The van der Waals surface area contributed by atoms with Crippen LogP contribution in [-0.2, 0) is 6.54 Å². The van der Waals surface area contributed by atoms with E-state index in [0.717, 1.165) is 24.3 Å². The van der Waals surface area contributed by atoms with Gasteiger partial charge in [0.25, 0.3) is 0 Å². The lowest BCUT2D eigenvalue weighted by Crippen LogP contribution is -2.22. The maximum Gasteiger partial charge on any atom is 0.193 e. The molecule has 0 saturated carbocycles. The molecule has 1 aliphatic rings. The Morgan fingerprint density at radius 2 is 1.87 bits per heavy atom. The summed E-state index contributed by atoms with van der Waals surface area (Å²) in [7, 11) is 0.